The quantitative estimate of drug-likeness (QED) is 0.427. The third-order valence-corrected chi connectivity index (χ3v) is 5.74. The van der Waals surface area contributed by atoms with Crippen LogP contribution in [0.4, 0.5) is 0 Å². The maximum atomic E-state index is 13.5. The molecule has 0 aliphatic rings. The highest BCUT2D eigenvalue weighted by Gasteiger charge is 2.23. The van der Waals surface area contributed by atoms with Crippen LogP contribution in [-0.4, -0.2) is 30.4 Å². The van der Waals surface area contributed by atoms with Crippen molar-refractivity contribution in [2.24, 2.45) is 0 Å². The second-order valence-corrected chi connectivity index (χ2v) is 8.14. The first kappa shape index (κ1) is 22.8. The second-order valence-electron chi connectivity index (χ2n) is 7.71. The number of hydrogen-bond acceptors (Lipinski definition) is 5. The van der Waals surface area contributed by atoms with Crippen molar-refractivity contribution in [3.63, 3.8) is 0 Å². The van der Waals surface area contributed by atoms with Gasteiger partial charge in [0.1, 0.15) is 5.75 Å². The molecule has 1 N–H and O–H groups in total. The highest BCUT2D eigenvalue weighted by atomic mass is 35.5. The number of benzene rings is 2. The van der Waals surface area contributed by atoms with Gasteiger partial charge in [0, 0.05) is 24.7 Å². The molecule has 172 valence electrons. The van der Waals surface area contributed by atoms with Gasteiger partial charge in [0.15, 0.2) is 11.2 Å². The Balaban J connectivity index is 1.97. The Morgan fingerprint density at radius 1 is 1.03 bits per heavy atom. The zero-order chi connectivity index (χ0) is 23.5. The SMILES string of the molecule is CCn1c(=O)n(CCCO)c(=O)c2c1nc(Oc1ccccc1C)n2Cc1ccc(Cl)cc1. The maximum absolute atomic E-state index is 13.5. The van der Waals surface area contributed by atoms with Crippen molar-refractivity contribution in [1.82, 2.24) is 18.7 Å². The number of halogens is 1. The molecule has 0 saturated carbocycles. The van der Waals surface area contributed by atoms with Gasteiger partial charge in [-0.2, -0.15) is 4.98 Å². The highest BCUT2D eigenvalue weighted by Crippen LogP contribution is 2.27. The fraction of sp³-hybridized carbons (Fsp3) is 0.292. The van der Waals surface area contributed by atoms with E-state index in [1.165, 1.54) is 4.57 Å². The number of fused-ring (bicyclic) bond motifs is 1. The minimum atomic E-state index is -0.464. The summed E-state index contributed by atoms with van der Waals surface area (Å²) < 4.78 is 10.5. The Morgan fingerprint density at radius 3 is 2.42 bits per heavy atom. The number of aromatic nitrogens is 4. The number of para-hydroxylation sites is 1. The molecule has 4 rings (SSSR count). The summed E-state index contributed by atoms with van der Waals surface area (Å²) >= 11 is 6.04. The molecule has 0 radical (unpaired) electrons. The van der Waals surface area contributed by atoms with Gasteiger partial charge in [-0.15, -0.1) is 0 Å². The van der Waals surface area contributed by atoms with E-state index in [-0.39, 0.29) is 30.3 Å². The molecule has 8 nitrogen and oxygen atoms in total. The number of aliphatic hydroxyl groups excluding tert-OH is 1. The van der Waals surface area contributed by atoms with Gasteiger partial charge < -0.3 is 9.84 Å². The summed E-state index contributed by atoms with van der Waals surface area (Å²) in [5.41, 5.74) is 1.43. The lowest BCUT2D eigenvalue weighted by Gasteiger charge is -2.12. The number of ether oxygens (including phenoxy) is 1. The van der Waals surface area contributed by atoms with Crippen molar-refractivity contribution in [3.05, 3.63) is 85.5 Å². The van der Waals surface area contributed by atoms with Crippen LogP contribution < -0.4 is 16.0 Å². The minimum absolute atomic E-state index is 0.115. The van der Waals surface area contributed by atoms with E-state index >= 15 is 0 Å². The monoisotopic (exact) mass is 468 g/mol. The summed E-state index contributed by atoms with van der Waals surface area (Å²) in [5, 5.41) is 9.85. The molecule has 0 aliphatic carbocycles. The number of hydrogen-bond donors (Lipinski definition) is 1. The number of aryl methyl sites for hydroxylation is 2. The second kappa shape index (κ2) is 9.64. The van der Waals surface area contributed by atoms with E-state index in [0.717, 1.165) is 15.7 Å². The van der Waals surface area contributed by atoms with Crippen LogP contribution in [0.1, 0.15) is 24.5 Å². The average Bonchev–Trinajstić information content (AvgIpc) is 3.15. The van der Waals surface area contributed by atoms with E-state index in [1.54, 1.807) is 16.7 Å². The van der Waals surface area contributed by atoms with E-state index in [9.17, 15) is 14.7 Å². The van der Waals surface area contributed by atoms with Crippen LogP contribution >= 0.6 is 11.6 Å². The molecule has 2 aromatic carbocycles. The summed E-state index contributed by atoms with van der Waals surface area (Å²) in [4.78, 5) is 31.1. The molecular formula is C24H25ClN4O4. The molecule has 0 unspecified atom stereocenters. The Bertz CT molecular complexity index is 1400. The van der Waals surface area contributed by atoms with Crippen molar-refractivity contribution < 1.29 is 9.84 Å². The molecule has 33 heavy (non-hydrogen) atoms. The van der Waals surface area contributed by atoms with Crippen LogP contribution in [0.3, 0.4) is 0 Å². The highest BCUT2D eigenvalue weighted by molar-refractivity contribution is 6.30. The Labute approximate surface area is 195 Å². The Hall–Kier alpha value is -3.36. The number of imidazole rings is 1. The van der Waals surface area contributed by atoms with Crippen LogP contribution in [0.15, 0.2) is 58.1 Å². The summed E-state index contributed by atoms with van der Waals surface area (Å²) in [7, 11) is 0. The normalized spacial score (nSPS) is 11.3. The maximum Gasteiger partial charge on any atom is 0.332 e. The van der Waals surface area contributed by atoms with Gasteiger partial charge in [0.05, 0.1) is 6.54 Å². The van der Waals surface area contributed by atoms with Crippen LogP contribution in [0, 0.1) is 6.92 Å². The van der Waals surface area contributed by atoms with Crippen molar-refractivity contribution in [3.8, 4) is 11.8 Å². The fourth-order valence-electron chi connectivity index (χ4n) is 3.75. The molecule has 0 amide bonds. The van der Waals surface area contributed by atoms with Crippen molar-refractivity contribution >= 4 is 22.8 Å². The first-order valence-corrected chi connectivity index (χ1v) is 11.1. The average molecular weight is 469 g/mol. The lowest BCUT2D eigenvalue weighted by molar-refractivity contribution is 0.277. The van der Waals surface area contributed by atoms with Gasteiger partial charge in [-0.3, -0.25) is 18.5 Å². The van der Waals surface area contributed by atoms with Crippen molar-refractivity contribution in [2.45, 2.75) is 39.9 Å². The van der Waals surface area contributed by atoms with Gasteiger partial charge >= 0.3 is 11.7 Å². The summed E-state index contributed by atoms with van der Waals surface area (Å²) in [6.07, 6.45) is 0.294. The summed E-state index contributed by atoms with van der Waals surface area (Å²) in [5.74, 6) is 0.608. The molecule has 0 bridgehead atoms. The molecular weight excluding hydrogens is 444 g/mol. The fourth-order valence-corrected chi connectivity index (χ4v) is 3.87. The van der Waals surface area contributed by atoms with Crippen LogP contribution in [0.2, 0.25) is 5.02 Å². The van der Waals surface area contributed by atoms with Gasteiger partial charge in [0.2, 0.25) is 0 Å². The van der Waals surface area contributed by atoms with Crippen LogP contribution in [0.5, 0.6) is 11.8 Å². The molecule has 0 saturated heterocycles. The molecule has 0 spiro atoms. The lowest BCUT2D eigenvalue weighted by Crippen LogP contribution is -2.40. The zero-order valence-electron chi connectivity index (χ0n) is 18.5. The Kier molecular flexibility index (Phi) is 6.67. The third kappa shape index (κ3) is 4.44. The molecule has 2 heterocycles. The van der Waals surface area contributed by atoms with E-state index in [1.807, 2.05) is 50.2 Å². The number of rotatable bonds is 8. The van der Waals surface area contributed by atoms with E-state index in [4.69, 9.17) is 16.3 Å². The van der Waals surface area contributed by atoms with Gasteiger partial charge in [0.25, 0.3) is 5.56 Å². The van der Waals surface area contributed by atoms with Gasteiger partial charge in [-0.1, -0.05) is 41.9 Å². The van der Waals surface area contributed by atoms with E-state index in [0.29, 0.717) is 30.3 Å². The predicted octanol–water partition coefficient (Wildman–Crippen LogP) is 3.56. The summed E-state index contributed by atoms with van der Waals surface area (Å²) in [6, 6.07) is 15.0. The lowest BCUT2D eigenvalue weighted by atomic mass is 10.2. The molecule has 0 aliphatic heterocycles. The first-order chi connectivity index (χ1) is 15.9. The Morgan fingerprint density at radius 2 is 1.76 bits per heavy atom. The third-order valence-electron chi connectivity index (χ3n) is 5.48. The molecule has 0 fully saturated rings. The first-order valence-electron chi connectivity index (χ1n) is 10.8. The number of nitrogens with zero attached hydrogens (tertiary/aromatic N) is 4. The smallest absolute Gasteiger partial charge is 0.332 e. The molecule has 2 aromatic heterocycles. The molecule has 9 heteroatoms. The van der Waals surface area contributed by atoms with Crippen molar-refractivity contribution in [2.75, 3.05) is 6.61 Å². The predicted molar refractivity (Wildman–Crippen MR) is 127 cm³/mol. The van der Waals surface area contributed by atoms with E-state index < -0.39 is 11.2 Å². The van der Waals surface area contributed by atoms with Crippen LogP contribution in [-0.2, 0) is 19.6 Å². The molecule has 0 atom stereocenters. The van der Waals surface area contributed by atoms with Gasteiger partial charge in [-0.25, -0.2) is 4.79 Å². The van der Waals surface area contributed by atoms with Crippen molar-refractivity contribution in [1.29, 1.82) is 0 Å². The topological polar surface area (TPSA) is 91.3 Å². The largest absolute Gasteiger partial charge is 0.425 e. The van der Waals surface area contributed by atoms with Gasteiger partial charge in [-0.05, 0) is 49.6 Å². The van der Waals surface area contributed by atoms with Crippen LogP contribution in [0.25, 0.3) is 11.2 Å². The zero-order valence-corrected chi connectivity index (χ0v) is 19.2. The summed E-state index contributed by atoms with van der Waals surface area (Å²) in [6.45, 7) is 4.36. The molecule has 4 aromatic rings. The minimum Gasteiger partial charge on any atom is -0.425 e. The standard InChI is InChI=1S/C24H25ClN4O4/c1-3-27-21-20(22(31)28(24(27)32)13-6-14-30)29(15-17-9-11-18(25)12-10-17)23(26-21)33-19-8-5-4-7-16(19)2/h4-5,7-12,30H,3,6,13-15H2,1-2H3. The van der Waals surface area contributed by atoms with E-state index in [2.05, 4.69) is 4.98 Å². The number of aliphatic hydroxyl groups is 1.